The number of benzene rings is 1. The second kappa shape index (κ2) is 5.27. The Morgan fingerprint density at radius 3 is 2.38 bits per heavy atom. The highest BCUT2D eigenvalue weighted by molar-refractivity contribution is 6.37. The molecule has 0 atom stereocenters. The number of phenols is 1. The maximum atomic E-state index is 11.5. The number of hydrogen-bond acceptors (Lipinski definition) is 2. The van der Waals surface area contributed by atoms with Crippen LogP contribution in [0.5, 0.6) is 5.75 Å². The van der Waals surface area contributed by atoms with Crippen molar-refractivity contribution in [3.63, 3.8) is 0 Å². The van der Waals surface area contributed by atoms with Crippen LogP contribution >= 0.6 is 23.2 Å². The van der Waals surface area contributed by atoms with Gasteiger partial charge in [0.15, 0.2) is 5.75 Å². The van der Waals surface area contributed by atoms with Gasteiger partial charge in [-0.3, -0.25) is 0 Å². The molecular formula is C10H12Cl2N2O2. The van der Waals surface area contributed by atoms with E-state index in [9.17, 15) is 9.90 Å². The molecule has 2 amide bonds. The highest BCUT2D eigenvalue weighted by Gasteiger charge is 2.10. The highest BCUT2D eigenvalue weighted by Crippen LogP contribution is 2.34. The van der Waals surface area contributed by atoms with Crippen molar-refractivity contribution < 1.29 is 9.90 Å². The summed E-state index contributed by atoms with van der Waals surface area (Å²) in [5, 5.41) is 12.1. The lowest BCUT2D eigenvalue weighted by Crippen LogP contribution is -2.30. The monoisotopic (exact) mass is 262 g/mol. The molecule has 1 rings (SSSR count). The van der Waals surface area contributed by atoms with Crippen molar-refractivity contribution in [2.24, 2.45) is 0 Å². The zero-order valence-electron chi connectivity index (χ0n) is 8.92. The zero-order chi connectivity index (χ0) is 12.3. The summed E-state index contributed by atoms with van der Waals surface area (Å²) in [7, 11) is 1.67. The summed E-state index contributed by atoms with van der Waals surface area (Å²) in [5.41, 5.74) is 0.443. The SMILES string of the molecule is CCN(C)C(=O)Nc1cc(Cl)c(O)c(Cl)c1. The Balaban J connectivity index is 2.87. The quantitative estimate of drug-likeness (QED) is 0.805. The third-order valence-electron chi connectivity index (χ3n) is 2.09. The van der Waals surface area contributed by atoms with Gasteiger partial charge < -0.3 is 15.3 Å². The first-order valence-electron chi connectivity index (χ1n) is 4.65. The number of urea groups is 1. The molecule has 88 valence electrons. The molecule has 0 heterocycles. The minimum atomic E-state index is -0.264. The zero-order valence-corrected chi connectivity index (χ0v) is 10.4. The topological polar surface area (TPSA) is 52.6 Å². The van der Waals surface area contributed by atoms with Crippen LogP contribution in [0.25, 0.3) is 0 Å². The molecule has 0 saturated carbocycles. The fourth-order valence-corrected chi connectivity index (χ4v) is 1.49. The number of carbonyl (C=O) groups is 1. The Morgan fingerprint density at radius 2 is 1.94 bits per heavy atom. The molecule has 0 aliphatic carbocycles. The largest absolute Gasteiger partial charge is 0.505 e. The molecule has 0 fully saturated rings. The number of amides is 2. The van der Waals surface area contributed by atoms with Crippen LogP contribution < -0.4 is 5.32 Å². The van der Waals surface area contributed by atoms with E-state index in [1.165, 1.54) is 17.0 Å². The molecule has 0 spiro atoms. The van der Waals surface area contributed by atoms with E-state index in [1.54, 1.807) is 7.05 Å². The number of halogens is 2. The summed E-state index contributed by atoms with van der Waals surface area (Å²) in [4.78, 5) is 13.0. The molecular weight excluding hydrogens is 251 g/mol. The number of phenolic OH excluding ortho intramolecular Hbond substituents is 1. The molecule has 0 aromatic heterocycles. The lowest BCUT2D eigenvalue weighted by Gasteiger charge is -2.16. The van der Waals surface area contributed by atoms with Crippen molar-refractivity contribution in [3.8, 4) is 5.75 Å². The average Bonchev–Trinajstić information content (AvgIpc) is 2.24. The molecule has 1 aromatic carbocycles. The van der Waals surface area contributed by atoms with Crippen molar-refractivity contribution in [2.75, 3.05) is 18.9 Å². The van der Waals surface area contributed by atoms with Gasteiger partial charge >= 0.3 is 6.03 Å². The van der Waals surface area contributed by atoms with E-state index in [-0.39, 0.29) is 21.8 Å². The van der Waals surface area contributed by atoms with Gasteiger partial charge in [-0.05, 0) is 19.1 Å². The summed E-state index contributed by atoms with van der Waals surface area (Å²) in [5.74, 6) is -0.190. The third kappa shape index (κ3) is 2.93. The van der Waals surface area contributed by atoms with Gasteiger partial charge in [-0.15, -0.1) is 0 Å². The predicted octanol–water partition coefficient (Wildman–Crippen LogP) is 3.18. The van der Waals surface area contributed by atoms with Gasteiger partial charge in [0.1, 0.15) is 0 Å². The predicted molar refractivity (Wildman–Crippen MR) is 65.4 cm³/mol. The molecule has 0 aliphatic rings. The fourth-order valence-electron chi connectivity index (χ4n) is 1.00. The van der Waals surface area contributed by atoms with Crippen molar-refractivity contribution in [3.05, 3.63) is 22.2 Å². The number of nitrogens with zero attached hydrogens (tertiary/aromatic N) is 1. The second-order valence-electron chi connectivity index (χ2n) is 3.23. The summed E-state index contributed by atoms with van der Waals surface area (Å²) in [6.45, 7) is 2.45. The molecule has 2 N–H and O–H groups in total. The summed E-state index contributed by atoms with van der Waals surface area (Å²) in [6.07, 6.45) is 0. The van der Waals surface area contributed by atoms with Crippen LogP contribution in [-0.4, -0.2) is 29.6 Å². The lowest BCUT2D eigenvalue weighted by molar-refractivity contribution is 0.224. The van der Waals surface area contributed by atoms with Gasteiger partial charge in [0.2, 0.25) is 0 Å². The molecule has 0 bridgehead atoms. The van der Waals surface area contributed by atoms with Gasteiger partial charge in [-0.25, -0.2) is 4.79 Å². The summed E-state index contributed by atoms with van der Waals surface area (Å²) >= 11 is 11.4. The minimum absolute atomic E-state index is 0.0990. The number of rotatable bonds is 2. The maximum absolute atomic E-state index is 11.5. The van der Waals surface area contributed by atoms with E-state index in [0.29, 0.717) is 12.2 Å². The van der Waals surface area contributed by atoms with Crippen molar-refractivity contribution in [1.29, 1.82) is 0 Å². The third-order valence-corrected chi connectivity index (χ3v) is 2.67. The van der Waals surface area contributed by atoms with Crippen LogP contribution in [0.1, 0.15) is 6.92 Å². The first-order chi connectivity index (χ1) is 7.45. The Hall–Kier alpha value is -1.13. The van der Waals surface area contributed by atoms with E-state index in [1.807, 2.05) is 6.92 Å². The molecule has 0 aliphatic heterocycles. The van der Waals surface area contributed by atoms with Gasteiger partial charge in [0.25, 0.3) is 0 Å². The molecule has 0 unspecified atom stereocenters. The normalized spacial score (nSPS) is 10.0. The second-order valence-corrected chi connectivity index (χ2v) is 4.05. The Kier molecular flexibility index (Phi) is 4.26. The highest BCUT2D eigenvalue weighted by atomic mass is 35.5. The van der Waals surface area contributed by atoms with E-state index in [2.05, 4.69) is 5.32 Å². The number of hydrogen-bond donors (Lipinski definition) is 2. The number of aromatic hydroxyl groups is 1. The van der Waals surface area contributed by atoms with Crippen LogP contribution in [0, 0.1) is 0 Å². The van der Waals surface area contributed by atoms with Crippen molar-refractivity contribution in [2.45, 2.75) is 6.92 Å². The summed E-state index contributed by atoms with van der Waals surface area (Å²) < 4.78 is 0. The Bertz CT molecular complexity index is 387. The molecule has 16 heavy (non-hydrogen) atoms. The van der Waals surface area contributed by atoms with Crippen molar-refractivity contribution >= 4 is 34.9 Å². The van der Waals surface area contributed by atoms with Crippen LogP contribution in [0.2, 0.25) is 10.0 Å². The van der Waals surface area contributed by atoms with Gasteiger partial charge in [-0.2, -0.15) is 0 Å². The van der Waals surface area contributed by atoms with Crippen LogP contribution in [-0.2, 0) is 0 Å². The number of carbonyl (C=O) groups excluding carboxylic acids is 1. The average molecular weight is 263 g/mol. The van der Waals surface area contributed by atoms with Gasteiger partial charge in [-0.1, -0.05) is 23.2 Å². The first kappa shape index (κ1) is 12.9. The van der Waals surface area contributed by atoms with E-state index in [0.717, 1.165) is 0 Å². The maximum Gasteiger partial charge on any atom is 0.321 e. The fraction of sp³-hybridized carbons (Fsp3) is 0.300. The van der Waals surface area contributed by atoms with Crippen LogP contribution in [0.4, 0.5) is 10.5 Å². The molecule has 0 saturated heterocycles. The van der Waals surface area contributed by atoms with E-state index >= 15 is 0 Å². The van der Waals surface area contributed by atoms with E-state index < -0.39 is 0 Å². The smallest absolute Gasteiger partial charge is 0.321 e. The summed E-state index contributed by atoms with van der Waals surface area (Å²) in [6, 6.07) is 2.61. The number of nitrogens with one attached hydrogen (secondary N) is 1. The van der Waals surface area contributed by atoms with Crippen LogP contribution in [0.15, 0.2) is 12.1 Å². The van der Waals surface area contributed by atoms with Crippen molar-refractivity contribution in [1.82, 2.24) is 4.90 Å². The molecule has 6 heteroatoms. The minimum Gasteiger partial charge on any atom is -0.505 e. The standard InChI is InChI=1S/C10H12Cl2N2O2/c1-3-14(2)10(16)13-6-4-7(11)9(15)8(12)5-6/h4-5,15H,3H2,1-2H3,(H,13,16). The van der Waals surface area contributed by atoms with Gasteiger partial charge in [0.05, 0.1) is 10.0 Å². The first-order valence-corrected chi connectivity index (χ1v) is 5.41. The van der Waals surface area contributed by atoms with E-state index in [4.69, 9.17) is 23.2 Å². The number of anilines is 1. The Morgan fingerprint density at radius 1 is 1.44 bits per heavy atom. The molecule has 0 radical (unpaired) electrons. The molecule has 4 nitrogen and oxygen atoms in total. The molecule has 1 aromatic rings. The Labute approximate surface area is 104 Å². The lowest BCUT2D eigenvalue weighted by atomic mass is 10.3. The van der Waals surface area contributed by atoms with Crippen LogP contribution in [0.3, 0.4) is 0 Å². The van der Waals surface area contributed by atoms with Gasteiger partial charge in [0, 0.05) is 19.3 Å².